The standard InChI is InChI=1S/C16H18ClNO4S2/c1-3-18(11-13-8-9-15(17)23-13)24(20,21)14-7-5-6-12(10-14)16(19)22-4-2/h5-10H,3-4,11H2,1-2H3. The minimum atomic E-state index is -3.72. The lowest BCUT2D eigenvalue weighted by atomic mass is 10.2. The minimum Gasteiger partial charge on any atom is -0.462 e. The van der Waals surface area contributed by atoms with Crippen molar-refractivity contribution < 1.29 is 17.9 Å². The van der Waals surface area contributed by atoms with Crippen LogP contribution in [0.4, 0.5) is 0 Å². The summed E-state index contributed by atoms with van der Waals surface area (Å²) in [5.41, 5.74) is 0.216. The molecule has 130 valence electrons. The number of hydrogen-bond acceptors (Lipinski definition) is 5. The molecule has 0 fully saturated rings. The van der Waals surface area contributed by atoms with Gasteiger partial charge in [0.1, 0.15) is 0 Å². The second-order valence-corrected chi connectivity index (χ2v) is 8.62. The number of thiophene rings is 1. The first-order valence-electron chi connectivity index (χ1n) is 7.40. The Hall–Kier alpha value is -1.41. The molecule has 0 aliphatic rings. The summed E-state index contributed by atoms with van der Waals surface area (Å²) in [5, 5.41) is 0. The van der Waals surface area contributed by atoms with Crippen molar-refractivity contribution in [2.45, 2.75) is 25.3 Å². The first-order valence-corrected chi connectivity index (χ1v) is 10.0. The first kappa shape index (κ1) is 18.9. The molecule has 0 aliphatic carbocycles. The lowest BCUT2D eigenvalue weighted by Crippen LogP contribution is -2.30. The van der Waals surface area contributed by atoms with E-state index in [4.69, 9.17) is 16.3 Å². The first-order chi connectivity index (χ1) is 11.4. The summed E-state index contributed by atoms with van der Waals surface area (Å²) < 4.78 is 32.6. The van der Waals surface area contributed by atoms with Crippen LogP contribution in [0.3, 0.4) is 0 Å². The third kappa shape index (κ3) is 4.36. The van der Waals surface area contributed by atoms with E-state index in [9.17, 15) is 13.2 Å². The molecule has 5 nitrogen and oxygen atoms in total. The smallest absolute Gasteiger partial charge is 0.338 e. The molecular formula is C16H18ClNO4S2. The Bertz CT molecular complexity index is 817. The Labute approximate surface area is 150 Å². The van der Waals surface area contributed by atoms with Gasteiger partial charge in [-0.15, -0.1) is 11.3 Å². The van der Waals surface area contributed by atoms with Crippen molar-refractivity contribution in [3.8, 4) is 0 Å². The van der Waals surface area contributed by atoms with E-state index < -0.39 is 16.0 Å². The van der Waals surface area contributed by atoms with E-state index in [0.717, 1.165) is 4.88 Å². The van der Waals surface area contributed by atoms with Gasteiger partial charge in [0.15, 0.2) is 0 Å². The number of carbonyl (C=O) groups is 1. The van der Waals surface area contributed by atoms with Gasteiger partial charge < -0.3 is 4.74 Å². The molecule has 1 aromatic carbocycles. The van der Waals surface area contributed by atoms with E-state index in [1.807, 2.05) is 0 Å². The Morgan fingerprint density at radius 2 is 2.00 bits per heavy atom. The molecule has 0 N–H and O–H groups in total. The molecule has 0 saturated carbocycles. The average Bonchev–Trinajstić information content (AvgIpc) is 2.98. The van der Waals surface area contributed by atoms with Crippen molar-refractivity contribution in [3.05, 3.63) is 51.2 Å². The van der Waals surface area contributed by atoms with Gasteiger partial charge >= 0.3 is 5.97 Å². The van der Waals surface area contributed by atoms with Crippen LogP contribution in [0.5, 0.6) is 0 Å². The van der Waals surface area contributed by atoms with Gasteiger partial charge in [-0.2, -0.15) is 4.31 Å². The molecule has 2 rings (SSSR count). The molecule has 2 aromatic rings. The van der Waals surface area contributed by atoms with Crippen LogP contribution in [-0.4, -0.2) is 31.8 Å². The average molecular weight is 388 g/mol. The predicted octanol–water partition coefficient (Wildman–Crippen LogP) is 3.79. The molecule has 0 radical (unpaired) electrons. The van der Waals surface area contributed by atoms with E-state index >= 15 is 0 Å². The van der Waals surface area contributed by atoms with Crippen molar-refractivity contribution in [2.24, 2.45) is 0 Å². The summed E-state index contributed by atoms with van der Waals surface area (Å²) in [5.74, 6) is -0.539. The van der Waals surface area contributed by atoms with Crippen LogP contribution in [0.15, 0.2) is 41.3 Å². The number of esters is 1. The molecule has 1 aromatic heterocycles. The molecule has 0 amide bonds. The van der Waals surface area contributed by atoms with Gasteiger partial charge in [0.25, 0.3) is 0 Å². The molecule has 8 heteroatoms. The summed E-state index contributed by atoms with van der Waals surface area (Å²) in [7, 11) is -3.72. The van der Waals surface area contributed by atoms with Crippen LogP contribution in [0.2, 0.25) is 4.34 Å². The lowest BCUT2D eigenvalue weighted by Gasteiger charge is -2.20. The monoisotopic (exact) mass is 387 g/mol. The number of ether oxygens (including phenoxy) is 1. The molecular weight excluding hydrogens is 370 g/mol. The summed E-state index contributed by atoms with van der Waals surface area (Å²) >= 11 is 7.25. The van der Waals surface area contributed by atoms with Gasteiger partial charge in [-0.05, 0) is 37.3 Å². The number of sulfonamides is 1. The quantitative estimate of drug-likeness (QED) is 0.678. The van der Waals surface area contributed by atoms with Crippen LogP contribution in [-0.2, 0) is 21.3 Å². The second kappa shape index (κ2) is 8.11. The van der Waals surface area contributed by atoms with Crippen LogP contribution in [0.1, 0.15) is 29.1 Å². The molecule has 0 bridgehead atoms. The van der Waals surface area contributed by atoms with E-state index in [2.05, 4.69) is 0 Å². The fourth-order valence-corrected chi connectivity index (χ4v) is 4.78. The minimum absolute atomic E-state index is 0.0672. The van der Waals surface area contributed by atoms with Gasteiger partial charge in [0.05, 0.1) is 21.4 Å². The highest BCUT2D eigenvalue weighted by Crippen LogP contribution is 2.25. The van der Waals surface area contributed by atoms with Gasteiger partial charge in [0, 0.05) is 18.0 Å². The highest BCUT2D eigenvalue weighted by Gasteiger charge is 2.24. The van der Waals surface area contributed by atoms with Crippen molar-refractivity contribution >= 4 is 38.9 Å². The largest absolute Gasteiger partial charge is 0.462 e. The van der Waals surface area contributed by atoms with Crippen molar-refractivity contribution in [1.29, 1.82) is 0 Å². The van der Waals surface area contributed by atoms with Crippen molar-refractivity contribution in [3.63, 3.8) is 0 Å². The van der Waals surface area contributed by atoms with E-state index in [1.165, 1.54) is 39.9 Å². The number of rotatable bonds is 7. The SMILES string of the molecule is CCOC(=O)c1cccc(S(=O)(=O)N(CC)Cc2ccc(Cl)s2)c1. The van der Waals surface area contributed by atoms with Crippen molar-refractivity contribution in [1.82, 2.24) is 4.31 Å². The van der Waals surface area contributed by atoms with Gasteiger partial charge in [-0.1, -0.05) is 24.6 Å². The fourth-order valence-electron chi connectivity index (χ4n) is 2.12. The molecule has 0 spiro atoms. The maximum absolute atomic E-state index is 12.9. The normalized spacial score (nSPS) is 11.7. The number of halogens is 1. The molecule has 0 unspecified atom stereocenters. The summed E-state index contributed by atoms with van der Waals surface area (Å²) in [6.45, 7) is 4.24. The van der Waals surface area contributed by atoms with Crippen LogP contribution >= 0.6 is 22.9 Å². The zero-order valence-corrected chi connectivity index (χ0v) is 15.7. The maximum Gasteiger partial charge on any atom is 0.338 e. The van der Waals surface area contributed by atoms with E-state index in [-0.39, 0.29) is 23.6 Å². The number of hydrogen-bond donors (Lipinski definition) is 0. The summed E-state index contributed by atoms with van der Waals surface area (Å²) in [4.78, 5) is 12.7. The molecule has 24 heavy (non-hydrogen) atoms. The predicted molar refractivity (Wildman–Crippen MR) is 95.0 cm³/mol. The van der Waals surface area contributed by atoms with Crippen LogP contribution in [0.25, 0.3) is 0 Å². The Morgan fingerprint density at radius 3 is 2.58 bits per heavy atom. The van der Waals surface area contributed by atoms with Gasteiger partial charge in [0.2, 0.25) is 10.0 Å². The molecule has 0 atom stereocenters. The second-order valence-electron chi connectivity index (χ2n) is 4.89. The number of nitrogens with zero attached hydrogens (tertiary/aromatic N) is 1. The fraction of sp³-hybridized carbons (Fsp3) is 0.312. The van der Waals surface area contributed by atoms with Crippen LogP contribution in [0, 0.1) is 0 Å². The zero-order chi connectivity index (χ0) is 17.7. The lowest BCUT2D eigenvalue weighted by molar-refractivity contribution is 0.0526. The zero-order valence-electron chi connectivity index (χ0n) is 13.4. The molecule has 0 saturated heterocycles. The maximum atomic E-state index is 12.9. The third-order valence-electron chi connectivity index (χ3n) is 3.30. The van der Waals surface area contributed by atoms with Gasteiger partial charge in [-0.3, -0.25) is 0 Å². The summed E-state index contributed by atoms with van der Waals surface area (Å²) in [6, 6.07) is 9.43. The Kier molecular flexibility index (Phi) is 6.40. The Balaban J connectivity index is 2.30. The number of carbonyl (C=O) groups excluding carboxylic acids is 1. The Morgan fingerprint density at radius 1 is 1.25 bits per heavy atom. The summed E-state index contributed by atoms with van der Waals surface area (Å²) in [6.07, 6.45) is 0. The number of benzene rings is 1. The van der Waals surface area contributed by atoms with Crippen molar-refractivity contribution in [2.75, 3.05) is 13.2 Å². The topological polar surface area (TPSA) is 63.7 Å². The highest BCUT2D eigenvalue weighted by atomic mass is 35.5. The third-order valence-corrected chi connectivity index (χ3v) is 6.43. The van der Waals surface area contributed by atoms with Crippen LogP contribution < -0.4 is 0 Å². The van der Waals surface area contributed by atoms with Gasteiger partial charge in [-0.25, -0.2) is 13.2 Å². The molecule has 1 heterocycles. The molecule has 0 aliphatic heterocycles. The highest BCUT2D eigenvalue weighted by molar-refractivity contribution is 7.89. The van der Waals surface area contributed by atoms with E-state index in [0.29, 0.717) is 10.9 Å². The van der Waals surface area contributed by atoms with E-state index in [1.54, 1.807) is 26.0 Å².